The summed E-state index contributed by atoms with van der Waals surface area (Å²) >= 11 is 0. The third-order valence-electron chi connectivity index (χ3n) is 9.49. The zero-order valence-corrected chi connectivity index (χ0v) is 33.9. The molecular formula is C46H81NO5. The highest BCUT2D eigenvalue weighted by Crippen LogP contribution is 2.17. The Bertz CT molecular complexity index is 952. The number of aliphatic hydroxyl groups excluding tert-OH is 2. The molecule has 0 aliphatic rings. The predicted octanol–water partition coefficient (Wildman–Crippen LogP) is 12.1. The minimum Gasteiger partial charge on any atom is -0.462 e. The van der Waals surface area contributed by atoms with Gasteiger partial charge in [-0.2, -0.15) is 0 Å². The highest BCUT2D eigenvalue weighted by atomic mass is 16.5. The Hall–Kier alpha value is -2.44. The second-order valence-corrected chi connectivity index (χ2v) is 14.5. The highest BCUT2D eigenvalue weighted by Gasteiger charge is 2.24. The van der Waals surface area contributed by atoms with Crippen LogP contribution >= 0.6 is 0 Å². The maximum absolute atomic E-state index is 13.1. The van der Waals surface area contributed by atoms with Crippen molar-refractivity contribution in [2.45, 2.75) is 212 Å². The fraction of sp³-hybridized carbons (Fsp3) is 0.739. The van der Waals surface area contributed by atoms with Crippen molar-refractivity contribution in [2.75, 3.05) is 6.61 Å². The molecule has 3 N–H and O–H groups in total. The summed E-state index contributed by atoms with van der Waals surface area (Å²) in [6.45, 7) is 6.27. The van der Waals surface area contributed by atoms with E-state index in [0.717, 1.165) is 51.4 Å². The molecule has 0 radical (unpaired) electrons. The second kappa shape index (κ2) is 39.8. The van der Waals surface area contributed by atoms with Crippen LogP contribution in [0.15, 0.2) is 60.8 Å². The quantitative estimate of drug-likeness (QED) is 0.0336. The third-order valence-corrected chi connectivity index (χ3v) is 9.49. The van der Waals surface area contributed by atoms with Gasteiger partial charge >= 0.3 is 5.97 Å². The molecule has 0 aliphatic heterocycles. The Morgan fingerprint density at radius 1 is 0.577 bits per heavy atom. The van der Waals surface area contributed by atoms with Gasteiger partial charge in [0, 0.05) is 6.42 Å². The first-order chi connectivity index (χ1) is 25.5. The van der Waals surface area contributed by atoms with Crippen molar-refractivity contribution >= 4 is 11.9 Å². The molecule has 0 aromatic rings. The van der Waals surface area contributed by atoms with Crippen LogP contribution in [-0.2, 0) is 14.3 Å². The fourth-order valence-electron chi connectivity index (χ4n) is 6.22. The molecule has 0 fully saturated rings. The molecular weight excluding hydrogens is 647 g/mol. The summed E-state index contributed by atoms with van der Waals surface area (Å²) in [5.74, 6) is -0.569. The molecule has 0 rings (SSSR count). The first-order valence-corrected chi connectivity index (χ1v) is 21.6. The summed E-state index contributed by atoms with van der Waals surface area (Å²) in [6, 6.07) is -0.713. The summed E-state index contributed by atoms with van der Waals surface area (Å²) in [7, 11) is 0. The molecule has 300 valence electrons. The van der Waals surface area contributed by atoms with Crippen LogP contribution in [0.1, 0.15) is 194 Å². The molecule has 3 unspecified atom stereocenters. The zero-order chi connectivity index (χ0) is 38.2. The highest BCUT2D eigenvalue weighted by molar-refractivity contribution is 5.77. The predicted molar refractivity (Wildman–Crippen MR) is 222 cm³/mol. The second-order valence-electron chi connectivity index (χ2n) is 14.5. The Morgan fingerprint density at radius 2 is 1.02 bits per heavy atom. The maximum atomic E-state index is 13.1. The minimum absolute atomic E-state index is 0.0480. The molecule has 52 heavy (non-hydrogen) atoms. The Balaban J connectivity index is 4.64. The van der Waals surface area contributed by atoms with Crippen molar-refractivity contribution in [1.82, 2.24) is 5.32 Å². The zero-order valence-electron chi connectivity index (χ0n) is 33.9. The average molecular weight is 728 g/mol. The molecule has 6 nitrogen and oxygen atoms in total. The number of rotatable bonds is 37. The van der Waals surface area contributed by atoms with Crippen LogP contribution in [0.4, 0.5) is 0 Å². The van der Waals surface area contributed by atoms with Gasteiger partial charge in [0.25, 0.3) is 0 Å². The van der Waals surface area contributed by atoms with Crippen molar-refractivity contribution in [3.63, 3.8) is 0 Å². The molecule has 0 saturated carbocycles. The summed E-state index contributed by atoms with van der Waals surface area (Å²) in [5, 5.41) is 23.5. The van der Waals surface area contributed by atoms with Crippen LogP contribution in [-0.4, -0.2) is 46.9 Å². The van der Waals surface area contributed by atoms with Gasteiger partial charge in [-0.15, -0.1) is 0 Å². The number of hydrogen-bond acceptors (Lipinski definition) is 5. The van der Waals surface area contributed by atoms with E-state index in [0.29, 0.717) is 25.7 Å². The van der Waals surface area contributed by atoms with E-state index >= 15 is 0 Å². The summed E-state index contributed by atoms with van der Waals surface area (Å²) in [4.78, 5) is 25.8. The number of nitrogens with one attached hydrogen (secondary N) is 1. The largest absolute Gasteiger partial charge is 0.462 e. The number of hydrogen-bond donors (Lipinski definition) is 3. The van der Waals surface area contributed by atoms with Crippen molar-refractivity contribution in [1.29, 1.82) is 0 Å². The van der Waals surface area contributed by atoms with Crippen molar-refractivity contribution in [3.05, 3.63) is 60.8 Å². The summed E-state index contributed by atoms with van der Waals surface area (Å²) < 4.78 is 5.83. The van der Waals surface area contributed by atoms with Crippen LogP contribution in [0, 0.1) is 0 Å². The van der Waals surface area contributed by atoms with Gasteiger partial charge in [-0.05, 0) is 38.5 Å². The lowest BCUT2D eigenvalue weighted by atomic mass is 10.0. The van der Waals surface area contributed by atoms with E-state index in [-0.39, 0.29) is 24.9 Å². The lowest BCUT2D eigenvalue weighted by Crippen LogP contribution is -2.46. The van der Waals surface area contributed by atoms with E-state index in [4.69, 9.17) is 4.74 Å². The lowest BCUT2D eigenvalue weighted by molar-refractivity contribution is -0.151. The van der Waals surface area contributed by atoms with Crippen molar-refractivity contribution in [3.8, 4) is 0 Å². The summed E-state index contributed by atoms with van der Waals surface area (Å²) in [5.41, 5.74) is 0. The lowest BCUT2D eigenvalue weighted by Gasteiger charge is -2.24. The van der Waals surface area contributed by atoms with Gasteiger partial charge in [-0.1, -0.05) is 204 Å². The van der Waals surface area contributed by atoms with Gasteiger partial charge in [-0.25, -0.2) is 0 Å². The van der Waals surface area contributed by atoms with Crippen LogP contribution in [0.5, 0.6) is 0 Å². The number of carbonyl (C=O) groups excluding carboxylic acids is 2. The van der Waals surface area contributed by atoms with E-state index in [2.05, 4.69) is 32.2 Å². The molecule has 1 amide bonds. The SMILES string of the molecule is CC/C=C/C=C/C=C\C=C/C=C/CCCC(=O)OC(CCCCCCCCCC)CC(=O)NC(CO)C(O)CCCCCCCCCCCCCC. The van der Waals surface area contributed by atoms with Crippen LogP contribution in [0.3, 0.4) is 0 Å². The Kier molecular flexibility index (Phi) is 37.9. The van der Waals surface area contributed by atoms with Crippen LogP contribution in [0.2, 0.25) is 0 Å². The first kappa shape index (κ1) is 49.6. The fourth-order valence-corrected chi connectivity index (χ4v) is 6.22. The molecule has 0 aromatic heterocycles. The molecule has 0 saturated heterocycles. The van der Waals surface area contributed by atoms with E-state index < -0.39 is 18.2 Å². The van der Waals surface area contributed by atoms with Gasteiger partial charge in [0.15, 0.2) is 0 Å². The molecule has 0 bridgehead atoms. The normalized spacial score (nSPS) is 14.0. The van der Waals surface area contributed by atoms with Gasteiger partial charge < -0.3 is 20.3 Å². The van der Waals surface area contributed by atoms with Crippen molar-refractivity contribution in [2.24, 2.45) is 0 Å². The minimum atomic E-state index is -0.797. The van der Waals surface area contributed by atoms with Crippen LogP contribution in [0.25, 0.3) is 0 Å². The van der Waals surface area contributed by atoms with E-state index in [1.165, 1.54) is 89.9 Å². The molecule has 3 atom stereocenters. The monoisotopic (exact) mass is 728 g/mol. The summed E-state index contributed by atoms with van der Waals surface area (Å²) in [6.07, 6.45) is 47.2. The van der Waals surface area contributed by atoms with E-state index in [1.54, 1.807) is 0 Å². The van der Waals surface area contributed by atoms with Crippen molar-refractivity contribution < 1.29 is 24.5 Å². The van der Waals surface area contributed by atoms with Gasteiger partial charge in [-0.3, -0.25) is 9.59 Å². The standard InChI is InChI=1S/C46H81NO5/c1-4-7-10-13-16-19-21-23-25-27-30-33-36-39-46(51)52-42(37-34-31-28-18-15-12-9-6-3)40-45(50)47-43(41-48)44(49)38-35-32-29-26-24-22-20-17-14-11-8-5-2/h7,10,13,16,19,21,23,25,27,30,42-44,48-49H,4-6,8-9,11-12,14-15,17-18,20,22,24,26,28-29,31-41H2,1-3H3,(H,47,50)/b10-7+,16-13+,21-19-,25-23-,30-27+. The van der Waals surface area contributed by atoms with Gasteiger partial charge in [0.05, 0.1) is 25.2 Å². The van der Waals surface area contributed by atoms with Gasteiger partial charge in [0.1, 0.15) is 6.10 Å². The van der Waals surface area contributed by atoms with Gasteiger partial charge in [0.2, 0.25) is 5.91 Å². The van der Waals surface area contributed by atoms with E-state index in [9.17, 15) is 19.8 Å². The average Bonchev–Trinajstić information content (AvgIpc) is 3.13. The Morgan fingerprint density at radius 3 is 1.50 bits per heavy atom. The maximum Gasteiger partial charge on any atom is 0.306 e. The number of ether oxygens (including phenoxy) is 1. The van der Waals surface area contributed by atoms with E-state index in [1.807, 2.05) is 54.7 Å². The number of unbranched alkanes of at least 4 members (excludes halogenated alkanes) is 19. The van der Waals surface area contributed by atoms with Crippen LogP contribution < -0.4 is 5.32 Å². The number of allylic oxidation sites excluding steroid dienone is 10. The smallest absolute Gasteiger partial charge is 0.306 e. The number of amides is 1. The number of aliphatic hydroxyl groups is 2. The molecule has 0 spiro atoms. The number of esters is 1. The first-order valence-electron chi connectivity index (χ1n) is 21.6. The Labute approximate surface area is 320 Å². The third kappa shape index (κ3) is 34.6. The topological polar surface area (TPSA) is 95.9 Å². The molecule has 6 heteroatoms. The molecule has 0 heterocycles. The molecule has 0 aromatic carbocycles. The molecule has 0 aliphatic carbocycles. The number of carbonyl (C=O) groups is 2.